The van der Waals surface area contributed by atoms with Gasteiger partial charge >= 0.3 is 6.18 Å². The number of halogens is 3. The van der Waals surface area contributed by atoms with Crippen molar-refractivity contribution in [1.82, 2.24) is 5.32 Å². The predicted molar refractivity (Wildman–Crippen MR) is 58.5 cm³/mol. The fourth-order valence-electron chi connectivity index (χ4n) is 1.49. The van der Waals surface area contributed by atoms with Crippen LogP contribution in [-0.2, 0) is 6.18 Å². The molecule has 0 radical (unpaired) electrons. The number of nitrogens with one attached hydrogen (secondary N) is 1. The van der Waals surface area contributed by atoms with Gasteiger partial charge < -0.3 is 10.1 Å². The number of hydrogen-bond acceptors (Lipinski definition) is 2. The van der Waals surface area contributed by atoms with Gasteiger partial charge in [-0.2, -0.15) is 13.2 Å². The van der Waals surface area contributed by atoms with Gasteiger partial charge in [0.05, 0.1) is 17.2 Å². The SMILES string of the molecule is CNC(=O)c1cc(C(F)(F)F)ccc1OC1CC1. The highest BCUT2D eigenvalue weighted by atomic mass is 19.4. The number of carbonyl (C=O) groups excluding carboxylic acids is 1. The fraction of sp³-hybridized carbons (Fsp3) is 0.417. The Kier molecular flexibility index (Phi) is 3.19. The van der Waals surface area contributed by atoms with Crippen LogP contribution in [0.25, 0.3) is 0 Å². The molecule has 3 nitrogen and oxygen atoms in total. The van der Waals surface area contributed by atoms with Crippen LogP contribution in [0.15, 0.2) is 18.2 Å². The van der Waals surface area contributed by atoms with Crippen molar-refractivity contribution < 1.29 is 22.7 Å². The number of carbonyl (C=O) groups is 1. The summed E-state index contributed by atoms with van der Waals surface area (Å²) in [6.07, 6.45) is -2.71. The van der Waals surface area contributed by atoms with E-state index in [1.54, 1.807) is 0 Å². The zero-order chi connectivity index (χ0) is 13.3. The Labute approximate surface area is 102 Å². The molecule has 1 aromatic rings. The molecule has 2 rings (SSSR count). The van der Waals surface area contributed by atoms with Crippen molar-refractivity contribution >= 4 is 5.91 Å². The summed E-state index contributed by atoms with van der Waals surface area (Å²) in [5.74, 6) is -0.387. The summed E-state index contributed by atoms with van der Waals surface area (Å²) in [6.45, 7) is 0. The van der Waals surface area contributed by atoms with Gasteiger partial charge in [-0.1, -0.05) is 0 Å². The van der Waals surface area contributed by atoms with E-state index in [9.17, 15) is 18.0 Å². The summed E-state index contributed by atoms with van der Waals surface area (Å²) >= 11 is 0. The molecule has 1 N–H and O–H groups in total. The molecule has 1 aromatic carbocycles. The smallest absolute Gasteiger partial charge is 0.416 e. The predicted octanol–water partition coefficient (Wildman–Crippen LogP) is 2.61. The van der Waals surface area contributed by atoms with Gasteiger partial charge in [0.2, 0.25) is 0 Å². The minimum absolute atomic E-state index is 0.0187. The zero-order valence-corrected chi connectivity index (χ0v) is 9.67. The van der Waals surface area contributed by atoms with Gasteiger partial charge in [-0.15, -0.1) is 0 Å². The average Bonchev–Trinajstić information content (AvgIpc) is 3.11. The van der Waals surface area contributed by atoms with E-state index < -0.39 is 17.6 Å². The van der Waals surface area contributed by atoms with Gasteiger partial charge in [-0.25, -0.2) is 0 Å². The minimum Gasteiger partial charge on any atom is -0.490 e. The summed E-state index contributed by atoms with van der Waals surface area (Å²) in [5, 5.41) is 2.31. The highest BCUT2D eigenvalue weighted by Gasteiger charge is 2.33. The van der Waals surface area contributed by atoms with Crippen LogP contribution in [0.1, 0.15) is 28.8 Å². The Bertz CT molecular complexity index is 467. The molecule has 18 heavy (non-hydrogen) atoms. The van der Waals surface area contributed by atoms with E-state index in [0.717, 1.165) is 25.0 Å². The van der Waals surface area contributed by atoms with Crippen LogP contribution in [0.4, 0.5) is 13.2 Å². The third kappa shape index (κ3) is 2.75. The molecule has 1 amide bonds. The first-order valence-electron chi connectivity index (χ1n) is 5.52. The molecule has 98 valence electrons. The number of ether oxygens (including phenoxy) is 1. The number of hydrogen-bond donors (Lipinski definition) is 1. The molecule has 0 heterocycles. The summed E-state index contributed by atoms with van der Waals surface area (Å²) in [4.78, 5) is 11.6. The molecule has 0 aromatic heterocycles. The van der Waals surface area contributed by atoms with E-state index >= 15 is 0 Å². The van der Waals surface area contributed by atoms with E-state index in [-0.39, 0.29) is 17.4 Å². The molecule has 0 aliphatic heterocycles. The van der Waals surface area contributed by atoms with Crippen LogP contribution < -0.4 is 10.1 Å². The lowest BCUT2D eigenvalue weighted by molar-refractivity contribution is -0.137. The average molecular weight is 259 g/mol. The molecule has 1 aliphatic rings. The summed E-state index contributed by atoms with van der Waals surface area (Å²) < 4.78 is 43.1. The Morgan fingerprint density at radius 2 is 2.06 bits per heavy atom. The third-order valence-electron chi connectivity index (χ3n) is 2.60. The van der Waals surface area contributed by atoms with Crippen molar-refractivity contribution in [3.05, 3.63) is 29.3 Å². The van der Waals surface area contributed by atoms with Gasteiger partial charge in [0.25, 0.3) is 5.91 Å². The number of amides is 1. The molecule has 1 aliphatic carbocycles. The minimum atomic E-state index is -4.47. The van der Waals surface area contributed by atoms with Crippen molar-refractivity contribution in [3.63, 3.8) is 0 Å². The lowest BCUT2D eigenvalue weighted by atomic mass is 10.1. The molecule has 1 saturated carbocycles. The highest BCUT2D eigenvalue weighted by Crippen LogP contribution is 2.34. The first-order chi connectivity index (χ1) is 8.41. The normalized spacial score (nSPS) is 15.3. The molecule has 0 atom stereocenters. The lowest BCUT2D eigenvalue weighted by Crippen LogP contribution is -2.20. The second kappa shape index (κ2) is 4.51. The maximum Gasteiger partial charge on any atom is 0.416 e. The summed E-state index contributed by atoms with van der Waals surface area (Å²) in [5.41, 5.74) is -0.941. The monoisotopic (exact) mass is 259 g/mol. The molecule has 0 saturated heterocycles. The van der Waals surface area contributed by atoms with Crippen molar-refractivity contribution in [2.24, 2.45) is 0 Å². The number of alkyl halides is 3. The van der Waals surface area contributed by atoms with Crippen LogP contribution in [0.3, 0.4) is 0 Å². The molecule has 6 heteroatoms. The van der Waals surface area contributed by atoms with Crippen LogP contribution >= 0.6 is 0 Å². The molecule has 0 bridgehead atoms. The van der Waals surface area contributed by atoms with E-state index in [2.05, 4.69) is 5.32 Å². The van der Waals surface area contributed by atoms with Crippen LogP contribution in [0.5, 0.6) is 5.75 Å². The second-order valence-corrected chi connectivity index (χ2v) is 4.11. The molecule has 1 fully saturated rings. The van der Waals surface area contributed by atoms with E-state index in [1.165, 1.54) is 13.1 Å². The van der Waals surface area contributed by atoms with Crippen molar-refractivity contribution in [2.45, 2.75) is 25.1 Å². The largest absolute Gasteiger partial charge is 0.490 e. The maximum atomic E-state index is 12.6. The third-order valence-corrected chi connectivity index (χ3v) is 2.60. The van der Waals surface area contributed by atoms with Crippen molar-refractivity contribution in [3.8, 4) is 5.75 Å². The number of benzene rings is 1. The molecular weight excluding hydrogens is 247 g/mol. The number of rotatable bonds is 3. The van der Waals surface area contributed by atoms with Gasteiger partial charge in [-0.3, -0.25) is 4.79 Å². The van der Waals surface area contributed by atoms with Gasteiger partial charge in [0, 0.05) is 7.05 Å². The second-order valence-electron chi connectivity index (χ2n) is 4.11. The van der Waals surface area contributed by atoms with Gasteiger partial charge in [0.1, 0.15) is 5.75 Å². The van der Waals surface area contributed by atoms with E-state index in [1.807, 2.05) is 0 Å². The first kappa shape index (κ1) is 12.7. The Balaban J connectivity index is 2.37. The lowest BCUT2D eigenvalue weighted by Gasteiger charge is -2.13. The van der Waals surface area contributed by atoms with Crippen molar-refractivity contribution in [2.75, 3.05) is 7.05 Å². The first-order valence-corrected chi connectivity index (χ1v) is 5.52. The van der Waals surface area contributed by atoms with Crippen molar-refractivity contribution in [1.29, 1.82) is 0 Å². The Hall–Kier alpha value is -1.72. The maximum absolute atomic E-state index is 12.6. The van der Waals surface area contributed by atoms with Crippen LogP contribution in [0.2, 0.25) is 0 Å². The molecule has 0 spiro atoms. The van der Waals surface area contributed by atoms with E-state index in [0.29, 0.717) is 0 Å². The van der Waals surface area contributed by atoms with Gasteiger partial charge in [0.15, 0.2) is 0 Å². The fourth-order valence-corrected chi connectivity index (χ4v) is 1.49. The van der Waals surface area contributed by atoms with Crippen LogP contribution in [0, 0.1) is 0 Å². The summed E-state index contributed by atoms with van der Waals surface area (Å²) in [6, 6.07) is 2.94. The molecular formula is C12H12F3NO2. The Morgan fingerprint density at radius 3 is 2.56 bits per heavy atom. The summed E-state index contributed by atoms with van der Waals surface area (Å²) in [7, 11) is 1.36. The zero-order valence-electron chi connectivity index (χ0n) is 9.67. The Morgan fingerprint density at radius 1 is 1.39 bits per heavy atom. The van der Waals surface area contributed by atoms with Crippen LogP contribution in [-0.4, -0.2) is 19.1 Å². The highest BCUT2D eigenvalue weighted by molar-refractivity contribution is 5.97. The van der Waals surface area contributed by atoms with E-state index in [4.69, 9.17) is 4.74 Å². The standard InChI is InChI=1S/C12H12F3NO2/c1-16-11(17)9-6-7(12(13,14)15)2-5-10(9)18-8-3-4-8/h2,5-6,8H,3-4H2,1H3,(H,16,17). The topological polar surface area (TPSA) is 38.3 Å². The molecule has 0 unspecified atom stereocenters. The van der Waals surface area contributed by atoms with Gasteiger partial charge in [-0.05, 0) is 31.0 Å². The quantitative estimate of drug-likeness (QED) is 0.906.